The van der Waals surface area contributed by atoms with E-state index in [1.54, 1.807) is 23.9 Å². The molecule has 2 N–H and O–H groups in total. The van der Waals surface area contributed by atoms with E-state index in [0.29, 0.717) is 5.02 Å². The molecule has 0 saturated heterocycles. The van der Waals surface area contributed by atoms with Gasteiger partial charge in [-0.25, -0.2) is 4.79 Å². The van der Waals surface area contributed by atoms with Crippen molar-refractivity contribution in [3.05, 3.63) is 41.2 Å². The SMILES string of the molecule is Cn1nc(C(=O)O)cc1-c1c[nH]c2cc(Cl)ccc12. The molecule has 96 valence electrons. The Balaban J connectivity index is 2.22. The van der Waals surface area contributed by atoms with Crippen molar-refractivity contribution in [2.24, 2.45) is 7.05 Å². The van der Waals surface area contributed by atoms with Crippen molar-refractivity contribution in [3.63, 3.8) is 0 Å². The van der Waals surface area contributed by atoms with Gasteiger partial charge in [0.15, 0.2) is 5.69 Å². The third-order valence-corrected chi connectivity index (χ3v) is 3.25. The van der Waals surface area contributed by atoms with Gasteiger partial charge in [-0.15, -0.1) is 0 Å². The molecule has 1 aromatic carbocycles. The number of aryl methyl sites for hydroxylation is 1. The molecule has 0 amide bonds. The maximum Gasteiger partial charge on any atom is 0.356 e. The van der Waals surface area contributed by atoms with E-state index < -0.39 is 5.97 Å². The number of fused-ring (bicyclic) bond motifs is 1. The number of carbonyl (C=O) groups is 1. The number of aromatic nitrogens is 3. The van der Waals surface area contributed by atoms with Crippen LogP contribution in [0.5, 0.6) is 0 Å². The van der Waals surface area contributed by atoms with Gasteiger partial charge in [0.2, 0.25) is 0 Å². The van der Waals surface area contributed by atoms with E-state index in [1.165, 1.54) is 0 Å². The average Bonchev–Trinajstić information content (AvgIpc) is 2.92. The van der Waals surface area contributed by atoms with Crippen molar-refractivity contribution in [2.75, 3.05) is 0 Å². The lowest BCUT2D eigenvalue weighted by Crippen LogP contribution is -1.99. The van der Waals surface area contributed by atoms with Crippen LogP contribution in [0, 0.1) is 0 Å². The predicted molar refractivity (Wildman–Crippen MR) is 72.5 cm³/mol. The third-order valence-electron chi connectivity index (χ3n) is 3.02. The minimum Gasteiger partial charge on any atom is -0.476 e. The van der Waals surface area contributed by atoms with Crippen molar-refractivity contribution in [2.45, 2.75) is 0 Å². The Morgan fingerprint density at radius 2 is 2.21 bits per heavy atom. The summed E-state index contributed by atoms with van der Waals surface area (Å²) in [7, 11) is 1.72. The number of nitrogens with one attached hydrogen (secondary N) is 1. The van der Waals surface area contributed by atoms with Crippen LogP contribution in [0.15, 0.2) is 30.5 Å². The van der Waals surface area contributed by atoms with E-state index in [-0.39, 0.29) is 5.69 Å². The van der Waals surface area contributed by atoms with Crippen LogP contribution < -0.4 is 0 Å². The summed E-state index contributed by atoms with van der Waals surface area (Å²) in [5.41, 5.74) is 2.57. The number of hydrogen-bond donors (Lipinski definition) is 2. The van der Waals surface area contributed by atoms with Crippen molar-refractivity contribution in [1.29, 1.82) is 0 Å². The lowest BCUT2D eigenvalue weighted by atomic mass is 10.1. The van der Waals surface area contributed by atoms with Crippen molar-refractivity contribution in [1.82, 2.24) is 14.8 Å². The molecule has 0 saturated carbocycles. The van der Waals surface area contributed by atoms with Crippen molar-refractivity contribution in [3.8, 4) is 11.3 Å². The summed E-state index contributed by atoms with van der Waals surface area (Å²) in [6.07, 6.45) is 1.82. The molecule has 0 bridgehead atoms. The Kier molecular flexibility index (Phi) is 2.57. The van der Waals surface area contributed by atoms with Crippen LogP contribution in [0.4, 0.5) is 0 Å². The molecule has 0 aliphatic rings. The van der Waals surface area contributed by atoms with Gasteiger partial charge in [-0.2, -0.15) is 5.10 Å². The van der Waals surface area contributed by atoms with Crippen LogP contribution in [-0.4, -0.2) is 25.8 Å². The van der Waals surface area contributed by atoms with E-state index in [9.17, 15) is 4.79 Å². The number of rotatable bonds is 2. The van der Waals surface area contributed by atoms with Gasteiger partial charge < -0.3 is 10.1 Å². The Labute approximate surface area is 113 Å². The fraction of sp³-hybridized carbons (Fsp3) is 0.0769. The Hall–Kier alpha value is -2.27. The summed E-state index contributed by atoms with van der Waals surface area (Å²) < 4.78 is 1.56. The molecule has 0 unspecified atom stereocenters. The summed E-state index contributed by atoms with van der Waals surface area (Å²) in [5.74, 6) is -1.04. The number of benzene rings is 1. The highest BCUT2D eigenvalue weighted by Crippen LogP contribution is 2.30. The number of nitrogens with zero attached hydrogens (tertiary/aromatic N) is 2. The largest absolute Gasteiger partial charge is 0.476 e. The molecule has 3 rings (SSSR count). The van der Waals surface area contributed by atoms with Crippen molar-refractivity contribution >= 4 is 28.5 Å². The Morgan fingerprint density at radius 1 is 1.42 bits per heavy atom. The van der Waals surface area contributed by atoms with E-state index in [4.69, 9.17) is 16.7 Å². The Bertz CT molecular complexity index is 788. The summed E-state index contributed by atoms with van der Waals surface area (Å²) in [5, 5.41) is 14.6. The minimum absolute atomic E-state index is 0.0285. The Morgan fingerprint density at radius 3 is 2.89 bits per heavy atom. The lowest BCUT2D eigenvalue weighted by Gasteiger charge is -1.99. The smallest absolute Gasteiger partial charge is 0.356 e. The van der Waals surface area contributed by atoms with Crippen LogP contribution in [0.3, 0.4) is 0 Å². The molecule has 0 aliphatic heterocycles. The van der Waals surface area contributed by atoms with Gasteiger partial charge in [-0.05, 0) is 18.2 Å². The second-order valence-electron chi connectivity index (χ2n) is 4.24. The predicted octanol–water partition coefficient (Wildman–Crippen LogP) is 2.92. The quantitative estimate of drug-likeness (QED) is 0.755. The fourth-order valence-electron chi connectivity index (χ4n) is 2.13. The zero-order valence-electron chi connectivity index (χ0n) is 10.0. The van der Waals surface area contributed by atoms with E-state index in [0.717, 1.165) is 22.2 Å². The summed E-state index contributed by atoms with van der Waals surface area (Å²) in [4.78, 5) is 14.1. The summed E-state index contributed by atoms with van der Waals surface area (Å²) >= 11 is 5.94. The zero-order valence-corrected chi connectivity index (χ0v) is 10.8. The van der Waals surface area contributed by atoms with Crippen molar-refractivity contribution < 1.29 is 9.90 Å². The molecule has 2 heterocycles. The molecule has 3 aromatic rings. The summed E-state index contributed by atoms with van der Waals surface area (Å²) in [6.45, 7) is 0. The average molecular weight is 276 g/mol. The number of carboxylic acids is 1. The number of aromatic amines is 1. The number of carboxylic acid groups (broad SMARTS) is 1. The van der Waals surface area contributed by atoms with Gasteiger partial charge in [0.1, 0.15) is 0 Å². The molecule has 0 aliphatic carbocycles. The van der Waals surface area contributed by atoms with Crippen LogP contribution in [0.2, 0.25) is 5.02 Å². The van der Waals surface area contributed by atoms with E-state index in [1.807, 2.05) is 18.3 Å². The molecule has 6 heteroatoms. The van der Waals surface area contributed by atoms with Gasteiger partial charge >= 0.3 is 5.97 Å². The van der Waals surface area contributed by atoms with E-state index in [2.05, 4.69) is 10.1 Å². The highest BCUT2D eigenvalue weighted by atomic mass is 35.5. The maximum atomic E-state index is 10.9. The third kappa shape index (κ3) is 1.88. The standard InChI is InChI=1S/C13H10ClN3O2/c1-17-12(5-11(16-17)13(18)19)9-6-15-10-4-7(14)2-3-8(9)10/h2-6,15H,1H3,(H,18,19). The number of H-pyrrole nitrogens is 1. The molecule has 0 spiro atoms. The molecule has 0 fully saturated rings. The monoisotopic (exact) mass is 275 g/mol. The first-order chi connectivity index (χ1) is 9.06. The molecule has 5 nitrogen and oxygen atoms in total. The highest BCUT2D eigenvalue weighted by Gasteiger charge is 2.15. The first-order valence-electron chi connectivity index (χ1n) is 5.60. The van der Waals surface area contributed by atoms with Crippen LogP contribution in [0.1, 0.15) is 10.5 Å². The minimum atomic E-state index is -1.04. The first-order valence-corrected chi connectivity index (χ1v) is 5.98. The topological polar surface area (TPSA) is 70.9 Å². The molecule has 0 radical (unpaired) electrons. The van der Waals surface area contributed by atoms with Gasteiger partial charge in [-0.3, -0.25) is 4.68 Å². The van der Waals surface area contributed by atoms with Crippen LogP contribution in [0.25, 0.3) is 22.2 Å². The maximum absolute atomic E-state index is 10.9. The van der Waals surface area contributed by atoms with Crippen LogP contribution >= 0.6 is 11.6 Å². The number of aromatic carboxylic acids is 1. The molecule has 19 heavy (non-hydrogen) atoms. The lowest BCUT2D eigenvalue weighted by molar-refractivity contribution is 0.0689. The number of hydrogen-bond acceptors (Lipinski definition) is 2. The van der Waals surface area contributed by atoms with Gasteiger partial charge in [0, 0.05) is 34.7 Å². The first kappa shape index (κ1) is 11.8. The fourth-order valence-corrected chi connectivity index (χ4v) is 2.31. The zero-order chi connectivity index (χ0) is 13.6. The summed E-state index contributed by atoms with van der Waals surface area (Å²) in [6, 6.07) is 7.08. The van der Waals surface area contributed by atoms with Crippen LogP contribution in [-0.2, 0) is 7.05 Å². The highest BCUT2D eigenvalue weighted by molar-refractivity contribution is 6.31. The molecule has 0 atom stereocenters. The van der Waals surface area contributed by atoms with Gasteiger partial charge in [0.25, 0.3) is 0 Å². The number of halogens is 1. The normalized spacial score (nSPS) is 11.1. The molecular formula is C13H10ClN3O2. The van der Waals surface area contributed by atoms with Gasteiger partial charge in [0.05, 0.1) is 5.69 Å². The van der Waals surface area contributed by atoms with Gasteiger partial charge in [-0.1, -0.05) is 17.7 Å². The molecular weight excluding hydrogens is 266 g/mol. The second-order valence-corrected chi connectivity index (χ2v) is 4.67. The second kappa shape index (κ2) is 4.13. The molecule has 2 aromatic heterocycles. The van der Waals surface area contributed by atoms with E-state index >= 15 is 0 Å².